The lowest BCUT2D eigenvalue weighted by Crippen LogP contribution is -2.34. The number of amides is 1. The molecule has 4 rings (SSSR count). The van der Waals surface area contributed by atoms with Crippen molar-refractivity contribution in [3.63, 3.8) is 0 Å². The number of aromatic hydroxyl groups is 1. The van der Waals surface area contributed by atoms with Gasteiger partial charge in [-0.25, -0.2) is 9.37 Å². The minimum absolute atomic E-state index is 0.0789. The Morgan fingerprint density at radius 1 is 1.06 bits per heavy atom. The van der Waals surface area contributed by atoms with Crippen LogP contribution in [0.1, 0.15) is 61.5 Å². The average Bonchev–Trinajstić information content (AvgIpc) is 3.04. The molecule has 0 aliphatic rings. The van der Waals surface area contributed by atoms with Crippen molar-refractivity contribution in [2.24, 2.45) is 10.5 Å². The first-order valence-electron chi connectivity index (χ1n) is 15.2. The van der Waals surface area contributed by atoms with Crippen molar-refractivity contribution in [2.45, 2.75) is 51.3 Å². The van der Waals surface area contributed by atoms with Crippen LogP contribution in [0.15, 0.2) is 89.0 Å². The van der Waals surface area contributed by atoms with E-state index in [1.165, 1.54) is 42.7 Å². The molecular weight excluding hydrogens is 623 g/mol. The Morgan fingerprint density at radius 2 is 1.81 bits per heavy atom. The van der Waals surface area contributed by atoms with Crippen LogP contribution in [0.25, 0.3) is 11.1 Å². The summed E-state index contributed by atoms with van der Waals surface area (Å²) in [6.07, 6.45) is 5.91. The Morgan fingerprint density at radius 3 is 2.49 bits per heavy atom. The molecule has 0 bridgehead atoms. The van der Waals surface area contributed by atoms with Crippen molar-refractivity contribution < 1.29 is 32.0 Å². The van der Waals surface area contributed by atoms with E-state index < -0.39 is 10.1 Å². The van der Waals surface area contributed by atoms with E-state index in [2.05, 4.69) is 34.7 Å². The maximum absolute atomic E-state index is 13.3. The van der Waals surface area contributed by atoms with E-state index in [0.29, 0.717) is 42.3 Å². The number of unbranched alkanes of at least 4 members (excludes halogenated alkanes) is 1. The number of rotatable bonds is 15. The van der Waals surface area contributed by atoms with Crippen molar-refractivity contribution in [1.82, 2.24) is 10.3 Å². The molecule has 0 unspecified atom stereocenters. The maximum atomic E-state index is 13.3. The predicted octanol–water partition coefficient (Wildman–Crippen LogP) is 6.85. The number of carbonyl (C=O) groups is 1. The number of hydrogen-bond acceptors (Lipinski definition) is 8. The molecule has 0 saturated heterocycles. The summed E-state index contributed by atoms with van der Waals surface area (Å²) in [6.45, 7) is 7.12. The molecule has 0 aliphatic carbocycles. The number of benzene rings is 3. The summed E-state index contributed by atoms with van der Waals surface area (Å²) in [6, 6.07) is 18.6. The lowest BCUT2D eigenvalue weighted by molar-refractivity contribution is 0.0933. The fourth-order valence-electron chi connectivity index (χ4n) is 4.87. The Hall–Kier alpha value is -4.81. The van der Waals surface area contributed by atoms with Crippen LogP contribution in [-0.4, -0.2) is 48.3 Å². The van der Waals surface area contributed by atoms with Gasteiger partial charge in [0.25, 0.3) is 16.0 Å². The van der Waals surface area contributed by atoms with Crippen LogP contribution in [0.3, 0.4) is 0 Å². The summed E-state index contributed by atoms with van der Waals surface area (Å²) in [7, 11) is -4.39. The third-order valence-electron chi connectivity index (χ3n) is 7.55. The van der Waals surface area contributed by atoms with Crippen LogP contribution >= 0.6 is 0 Å². The standard InChI is InChI=1S/C35H39FN4O6S/c1-4-24-19-29(25-11-14-28(36)15-12-25)30(41)20-31(24)46-18-8-7-17-35(2,3)23-38-34(42)27-13-16-33(37-21-27)40-39-22-26-9-5-6-10-32(26)47(43,44)45/h5-6,9-16,19-22,41H,4,7-8,17-18,23H2,1-3H3,(H,37,40)(H,38,42)(H,43,44,45)/b39-22+. The molecule has 0 spiro atoms. The summed E-state index contributed by atoms with van der Waals surface area (Å²) in [5, 5.41) is 17.5. The normalized spacial score (nSPS) is 11.9. The van der Waals surface area contributed by atoms with Gasteiger partial charge in [-0.1, -0.05) is 51.1 Å². The molecule has 0 fully saturated rings. The molecule has 0 atom stereocenters. The SMILES string of the molecule is CCc1cc(-c2ccc(F)cc2)c(O)cc1OCCCCC(C)(C)CNC(=O)c1ccc(N/N=C/c2ccccc2S(=O)(=O)O)nc1. The monoisotopic (exact) mass is 662 g/mol. The largest absolute Gasteiger partial charge is 0.507 e. The fraction of sp³-hybridized carbons (Fsp3) is 0.286. The zero-order chi connectivity index (χ0) is 34.0. The number of halogens is 1. The third-order valence-corrected chi connectivity index (χ3v) is 8.48. The van der Waals surface area contributed by atoms with Gasteiger partial charge in [0.2, 0.25) is 0 Å². The third kappa shape index (κ3) is 10.1. The predicted molar refractivity (Wildman–Crippen MR) is 180 cm³/mol. The number of hydrazone groups is 1. The zero-order valence-electron chi connectivity index (χ0n) is 26.5. The van der Waals surface area contributed by atoms with E-state index >= 15 is 0 Å². The highest BCUT2D eigenvalue weighted by Gasteiger charge is 2.20. The Kier molecular flexibility index (Phi) is 11.7. The summed E-state index contributed by atoms with van der Waals surface area (Å²) in [4.78, 5) is 16.7. The lowest BCUT2D eigenvalue weighted by Gasteiger charge is -2.25. The molecule has 12 heteroatoms. The highest BCUT2D eigenvalue weighted by Crippen LogP contribution is 2.36. The van der Waals surface area contributed by atoms with E-state index in [1.54, 1.807) is 36.4 Å². The first kappa shape index (κ1) is 35.1. The highest BCUT2D eigenvalue weighted by atomic mass is 32.2. The molecule has 4 aromatic rings. The summed E-state index contributed by atoms with van der Waals surface area (Å²) < 4.78 is 51.7. The van der Waals surface area contributed by atoms with E-state index in [1.807, 2.05) is 13.0 Å². The summed E-state index contributed by atoms with van der Waals surface area (Å²) in [5.41, 5.74) is 5.41. The van der Waals surface area contributed by atoms with Gasteiger partial charge in [-0.15, -0.1) is 0 Å². The molecule has 248 valence electrons. The van der Waals surface area contributed by atoms with Crippen molar-refractivity contribution >= 4 is 28.1 Å². The van der Waals surface area contributed by atoms with Crippen LogP contribution in [0.2, 0.25) is 0 Å². The molecule has 1 amide bonds. The number of nitrogens with zero attached hydrogens (tertiary/aromatic N) is 2. The zero-order valence-corrected chi connectivity index (χ0v) is 27.4. The average molecular weight is 663 g/mol. The smallest absolute Gasteiger partial charge is 0.295 e. The van der Waals surface area contributed by atoms with Crippen LogP contribution in [-0.2, 0) is 16.5 Å². The minimum atomic E-state index is -4.39. The molecule has 1 heterocycles. The van der Waals surface area contributed by atoms with Crippen LogP contribution < -0.4 is 15.5 Å². The van der Waals surface area contributed by atoms with Gasteiger partial charge in [0, 0.05) is 29.9 Å². The van der Waals surface area contributed by atoms with Crippen LogP contribution in [0.4, 0.5) is 10.2 Å². The Balaban J connectivity index is 1.21. The number of aromatic nitrogens is 1. The van der Waals surface area contributed by atoms with Crippen molar-refractivity contribution in [3.05, 3.63) is 102 Å². The number of aryl methyl sites for hydroxylation is 1. The van der Waals surface area contributed by atoms with Gasteiger partial charge in [-0.2, -0.15) is 13.5 Å². The van der Waals surface area contributed by atoms with Gasteiger partial charge in [0.05, 0.1) is 18.4 Å². The Labute approximate surface area is 274 Å². The molecular formula is C35H39FN4O6S. The highest BCUT2D eigenvalue weighted by molar-refractivity contribution is 7.86. The van der Waals surface area contributed by atoms with Crippen LogP contribution in [0, 0.1) is 11.2 Å². The number of nitrogens with one attached hydrogen (secondary N) is 2. The maximum Gasteiger partial charge on any atom is 0.295 e. The lowest BCUT2D eigenvalue weighted by atomic mass is 9.87. The summed E-state index contributed by atoms with van der Waals surface area (Å²) >= 11 is 0. The second kappa shape index (κ2) is 15.7. The van der Waals surface area contributed by atoms with E-state index in [4.69, 9.17) is 4.74 Å². The number of ether oxygens (including phenoxy) is 1. The number of hydrogen-bond donors (Lipinski definition) is 4. The first-order valence-corrected chi connectivity index (χ1v) is 16.6. The number of carbonyl (C=O) groups excluding carboxylic acids is 1. The van der Waals surface area contributed by atoms with Gasteiger partial charge in [-0.05, 0) is 78.6 Å². The first-order chi connectivity index (χ1) is 22.4. The number of phenols is 1. The molecule has 0 aliphatic heterocycles. The van der Waals surface area contributed by atoms with E-state index in [0.717, 1.165) is 30.4 Å². The molecule has 1 aromatic heterocycles. The van der Waals surface area contributed by atoms with E-state index in [-0.39, 0.29) is 33.3 Å². The Bertz CT molecular complexity index is 1810. The van der Waals surface area contributed by atoms with Crippen LogP contribution in [0.5, 0.6) is 11.5 Å². The van der Waals surface area contributed by atoms with Gasteiger partial charge in [0.1, 0.15) is 28.0 Å². The molecule has 3 aromatic carbocycles. The number of phenolic OH excluding ortho intramolecular Hbond substituents is 1. The molecule has 4 N–H and O–H groups in total. The minimum Gasteiger partial charge on any atom is -0.507 e. The number of pyridine rings is 1. The molecule has 47 heavy (non-hydrogen) atoms. The topological polar surface area (TPSA) is 150 Å². The van der Waals surface area contributed by atoms with Crippen molar-refractivity contribution in [2.75, 3.05) is 18.6 Å². The summed E-state index contributed by atoms with van der Waals surface area (Å²) in [5.74, 6) is 0.459. The van der Waals surface area contributed by atoms with Crippen molar-refractivity contribution in [3.8, 4) is 22.6 Å². The second-order valence-electron chi connectivity index (χ2n) is 11.8. The van der Waals surface area contributed by atoms with Crippen molar-refractivity contribution in [1.29, 1.82) is 0 Å². The molecule has 0 saturated carbocycles. The van der Waals surface area contributed by atoms with Gasteiger partial charge in [0.15, 0.2) is 0 Å². The molecule has 0 radical (unpaired) electrons. The fourth-order valence-corrected chi connectivity index (χ4v) is 5.54. The number of anilines is 1. The van der Waals surface area contributed by atoms with Gasteiger partial charge in [-0.3, -0.25) is 14.8 Å². The van der Waals surface area contributed by atoms with E-state index in [9.17, 15) is 27.3 Å². The second-order valence-corrected chi connectivity index (χ2v) is 13.2. The quantitative estimate of drug-likeness (QED) is 0.0467. The molecule has 10 nitrogen and oxygen atoms in total. The van der Waals surface area contributed by atoms with Gasteiger partial charge < -0.3 is 15.2 Å². The van der Waals surface area contributed by atoms with Gasteiger partial charge >= 0.3 is 0 Å².